The van der Waals surface area contributed by atoms with Gasteiger partial charge in [0.15, 0.2) is 0 Å². The molecule has 0 radical (unpaired) electrons. The number of nitrogens with two attached hydrogens (primary N) is 1. The fraction of sp³-hybridized carbons (Fsp3) is 0.385. The van der Waals surface area contributed by atoms with E-state index >= 15 is 0 Å². The van der Waals surface area contributed by atoms with E-state index in [1.807, 2.05) is 0 Å². The third kappa shape index (κ3) is 1.90. The summed E-state index contributed by atoms with van der Waals surface area (Å²) in [6, 6.07) is 5.79. The molecule has 1 aliphatic heterocycles. The van der Waals surface area contributed by atoms with Gasteiger partial charge in [0.2, 0.25) is 11.8 Å². The number of anilines is 1. The van der Waals surface area contributed by atoms with Crippen LogP contribution in [0.2, 0.25) is 0 Å². The molecule has 0 aromatic heterocycles. The second-order valence-electron chi connectivity index (χ2n) is 4.03. The van der Waals surface area contributed by atoms with Gasteiger partial charge in [0.1, 0.15) is 0 Å². The summed E-state index contributed by atoms with van der Waals surface area (Å²) in [6.07, 6.45) is -3.19. The third-order valence-corrected chi connectivity index (χ3v) is 2.98. The van der Waals surface area contributed by atoms with Gasteiger partial charge >= 0.3 is 0 Å². The van der Waals surface area contributed by atoms with Crippen molar-refractivity contribution in [2.45, 2.75) is 31.5 Å². The first-order chi connectivity index (χ1) is 10.0. The number of rotatable bonds is 2. The van der Waals surface area contributed by atoms with Crippen molar-refractivity contribution in [3.05, 3.63) is 29.8 Å². The SMILES string of the molecule is [2H]C([2H])([2H])C([2H])([2H])C1(c2ccc(N)cc2)CCC(=O)NC1=O. The number of nitrogens with one attached hydrogen (secondary N) is 1. The normalized spacial score (nSPS) is 30.5. The minimum atomic E-state index is -3.04. The number of benzene rings is 1. The molecule has 17 heavy (non-hydrogen) atoms. The van der Waals surface area contributed by atoms with E-state index in [9.17, 15) is 9.59 Å². The minimum absolute atomic E-state index is 0.133. The number of hydrogen-bond donors (Lipinski definition) is 2. The van der Waals surface area contributed by atoms with E-state index in [0.717, 1.165) is 0 Å². The first-order valence-electron chi connectivity index (χ1n) is 7.73. The summed E-state index contributed by atoms with van der Waals surface area (Å²) in [5, 5.41) is 2.06. The Balaban J connectivity index is 2.67. The van der Waals surface area contributed by atoms with Crippen molar-refractivity contribution >= 4 is 17.5 Å². The van der Waals surface area contributed by atoms with Crippen LogP contribution in [-0.4, -0.2) is 11.8 Å². The number of imide groups is 1. The lowest BCUT2D eigenvalue weighted by atomic mass is 9.72. The Morgan fingerprint density at radius 2 is 2.18 bits per heavy atom. The zero-order valence-electron chi connectivity index (χ0n) is 14.1. The maximum absolute atomic E-state index is 12.5. The molecule has 1 atom stereocenters. The quantitative estimate of drug-likeness (QED) is 0.602. The summed E-state index contributed by atoms with van der Waals surface area (Å²) >= 11 is 0. The Labute approximate surface area is 107 Å². The zero-order valence-corrected chi connectivity index (χ0v) is 9.12. The van der Waals surface area contributed by atoms with E-state index < -0.39 is 30.5 Å². The lowest BCUT2D eigenvalue weighted by molar-refractivity contribution is -0.138. The van der Waals surface area contributed by atoms with Gasteiger partial charge in [0.05, 0.1) is 5.41 Å². The molecule has 3 N–H and O–H groups in total. The molecular weight excluding hydrogens is 216 g/mol. The molecule has 1 aliphatic rings. The summed E-state index contributed by atoms with van der Waals surface area (Å²) in [5.41, 5.74) is 4.21. The Hall–Kier alpha value is -1.84. The minimum Gasteiger partial charge on any atom is -0.399 e. The molecule has 1 unspecified atom stereocenters. The highest BCUT2D eigenvalue weighted by Gasteiger charge is 2.42. The zero-order chi connectivity index (χ0) is 16.8. The smallest absolute Gasteiger partial charge is 0.237 e. The predicted molar refractivity (Wildman–Crippen MR) is 65.2 cm³/mol. The number of nitrogen functional groups attached to an aromatic ring is 1. The van der Waals surface area contributed by atoms with E-state index in [4.69, 9.17) is 12.6 Å². The Morgan fingerprint density at radius 3 is 2.76 bits per heavy atom. The highest BCUT2D eigenvalue weighted by Crippen LogP contribution is 2.35. The predicted octanol–water partition coefficient (Wildman–Crippen LogP) is 1.35. The van der Waals surface area contributed by atoms with Gasteiger partial charge in [-0.2, -0.15) is 0 Å². The van der Waals surface area contributed by atoms with Crippen LogP contribution in [0, 0.1) is 0 Å². The van der Waals surface area contributed by atoms with Crippen LogP contribution in [0.3, 0.4) is 0 Å². The summed E-state index contributed by atoms with van der Waals surface area (Å²) in [6.45, 7) is -3.04. The molecule has 1 aromatic carbocycles. The number of carbonyl (C=O) groups is 2. The number of amides is 2. The van der Waals surface area contributed by atoms with Crippen LogP contribution < -0.4 is 11.1 Å². The van der Waals surface area contributed by atoms with Gasteiger partial charge in [0, 0.05) is 19.0 Å². The van der Waals surface area contributed by atoms with E-state index in [-0.39, 0.29) is 18.4 Å². The van der Waals surface area contributed by atoms with Crippen molar-refractivity contribution in [2.75, 3.05) is 5.73 Å². The van der Waals surface area contributed by atoms with Crippen molar-refractivity contribution in [3.63, 3.8) is 0 Å². The molecule has 0 saturated carbocycles. The average Bonchev–Trinajstić information content (AvgIpc) is 2.39. The summed E-state index contributed by atoms with van der Waals surface area (Å²) < 4.78 is 38.7. The van der Waals surface area contributed by atoms with Crippen LogP contribution in [0.15, 0.2) is 24.3 Å². The molecule has 4 heteroatoms. The maximum atomic E-state index is 12.5. The molecule has 2 rings (SSSR count). The fourth-order valence-corrected chi connectivity index (χ4v) is 1.94. The second-order valence-corrected chi connectivity index (χ2v) is 4.03. The number of piperidine rings is 1. The largest absolute Gasteiger partial charge is 0.399 e. The van der Waals surface area contributed by atoms with Gasteiger partial charge < -0.3 is 5.73 Å². The molecule has 0 spiro atoms. The van der Waals surface area contributed by atoms with Gasteiger partial charge in [-0.05, 0) is 30.5 Å². The van der Waals surface area contributed by atoms with Crippen molar-refractivity contribution in [2.24, 2.45) is 0 Å². The molecule has 1 saturated heterocycles. The first kappa shape index (κ1) is 6.79. The molecule has 1 fully saturated rings. The van der Waals surface area contributed by atoms with Crippen LogP contribution in [0.5, 0.6) is 0 Å². The molecule has 0 bridgehead atoms. The summed E-state index contributed by atoms with van der Waals surface area (Å²) in [7, 11) is 0. The van der Waals surface area contributed by atoms with Crippen LogP contribution in [0.1, 0.15) is 38.5 Å². The topological polar surface area (TPSA) is 72.2 Å². The molecule has 1 heterocycles. The molecule has 4 nitrogen and oxygen atoms in total. The fourth-order valence-electron chi connectivity index (χ4n) is 1.94. The van der Waals surface area contributed by atoms with Gasteiger partial charge in [-0.1, -0.05) is 19.0 Å². The van der Waals surface area contributed by atoms with Gasteiger partial charge in [-0.15, -0.1) is 0 Å². The molecular formula is C13H16N2O2. The second kappa shape index (κ2) is 4.20. The number of hydrogen-bond acceptors (Lipinski definition) is 3. The monoisotopic (exact) mass is 237 g/mol. The number of carbonyl (C=O) groups excluding carboxylic acids is 2. The van der Waals surface area contributed by atoms with Crippen LogP contribution in [-0.2, 0) is 15.0 Å². The van der Waals surface area contributed by atoms with Crippen molar-refractivity contribution in [1.29, 1.82) is 0 Å². The van der Waals surface area contributed by atoms with Crippen LogP contribution in [0.25, 0.3) is 0 Å². The highest BCUT2D eigenvalue weighted by molar-refractivity contribution is 6.03. The third-order valence-electron chi connectivity index (χ3n) is 2.98. The van der Waals surface area contributed by atoms with Crippen LogP contribution >= 0.6 is 0 Å². The summed E-state index contributed by atoms with van der Waals surface area (Å²) in [5.74, 6) is -1.48. The molecule has 90 valence electrons. The Kier molecular flexibility index (Phi) is 1.68. The lowest BCUT2D eigenvalue weighted by Crippen LogP contribution is -2.51. The molecule has 0 aliphatic carbocycles. The van der Waals surface area contributed by atoms with Crippen molar-refractivity contribution in [1.82, 2.24) is 5.32 Å². The Morgan fingerprint density at radius 1 is 1.47 bits per heavy atom. The van der Waals surface area contributed by atoms with Gasteiger partial charge in [-0.25, -0.2) is 0 Å². The van der Waals surface area contributed by atoms with E-state index in [0.29, 0.717) is 5.69 Å². The standard InChI is InChI=1S/C13H16N2O2/c1-2-13(8-7-11(16)15-12(13)17)9-3-5-10(14)6-4-9/h3-6H,2,7-8,14H2,1H3,(H,15,16,17)/i1D3,2D2. The lowest BCUT2D eigenvalue weighted by Gasteiger charge is -2.34. The van der Waals surface area contributed by atoms with Crippen LogP contribution in [0.4, 0.5) is 5.69 Å². The first-order valence-corrected chi connectivity index (χ1v) is 5.23. The van der Waals surface area contributed by atoms with Crippen molar-refractivity contribution < 1.29 is 16.4 Å². The Bertz CT molecular complexity index is 612. The van der Waals surface area contributed by atoms with E-state index in [1.54, 1.807) is 0 Å². The molecule has 1 aromatic rings. The van der Waals surface area contributed by atoms with Crippen molar-refractivity contribution in [3.8, 4) is 0 Å². The maximum Gasteiger partial charge on any atom is 0.237 e. The van der Waals surface area contributed by atoms with Gasteiger partial charge in [-0.3, -0.25) is 14.9 Å². The van der Waals surface area contributed by atoms with Gasteiger partial charge in [0.25, 0.3) is 0 Å². The highest BCUT2D eigenvalue weighted by atomic mass is 16.2. The van der Waals surface area contributed by atoms with E-state index in [2.05, 4.69) is 5.32 Å². The summed E-state index contributed by atoms with van der Waals surface area (Å²) in [4.78, 5) is 23.9. The van der Waals surface area contributed by atoms with E-state index in [1.165, 1.54) is 24.3 Å². The average molecular weight is 237 g/mol. The molecule has 2 amide bonds.